The van der Waals surface area contributed by atoms with Crippen molar-refractivity contribution in [2.75, 3.05) is 39.4 Å². The predicted molar refractivity (Wildman–Crippen MR) is 113 cm³/mol. The van der Waals surface area contributed by atoms with Gasteiger partial charge in [-0.15, -0.1) is 0 Å². The van der Waals surface area contributed by atoms with E-state index < -0.39 is 0 Å². The molecular weight excluding hydrogens is 385 g/mol. The zero-order chi connectivity index (χ0) is 19.5. The molecule has 154 valence electrons. The molecule has 6 heteroatoms. The minimum absolute atomic E-state index is 0.158. The molecule has 1 aliphatic carbocycles. The average Bonchev–Trinajstić information content (AvgIpc) is 3.05. The summed E-state index contributed by atoms with van der Waals surface area (Å²) in [4.78, 5) is 7.70. The van der Waals surface area contributed by atoms with Crippen molar-refractivity contribution in [2.24, 2.45) is 10.8 Å². The molecular formula is C23H28FN3OS. The summed E-state index contributed by atoms with van der Waals surface area (Å²) in [6.45, 7) is 6.58. The smallest absolute Gasteiger partial charge is 0.140 e. The minimum atomic E-state index is -0.158. The van der Waals surface area contributed by atoms with Crippen molar-refractivity contribution in [1.29, 1.82) is 0 Å². The molecule has 4 heterocycles. The summed E-state index contributed by atoms with van der Waals surface area (Å²) in [6, 6.07) is 8.21. The van der Waals surface area contributed by atoms with E-state index in [1.165, 1.54) is 45.2 Å². The van der Waals surface area contributed by atoms with Crippen molar-refractivity contribution in [2.45, 2.75) is 43.0 Å². The first-order valence-electron chi connectivity index (χ1n) is 10.9. The summed E-state index contributed by atoms with van der Waals surface area (Å²) < 4.78 is 22.3. The van der Waals surface area contributed by atoms with Crippen LogP contribution in [0.25, 0.3) is 10.9 Å². The lowest BCUT2D eigenvalue weighted by atomic mass is 9.75. The van der Waals surface area contributed by atoms with Crippen molar-refractivity contribution < 1.29 is 9.13 Å². The highest BCUT2D eigenvalue weighted by molar-refractivity contribution is 7.97. The van der Waals surface area contributed by atoms with Crippen LogP contribution in [0.1, 0.15) is 32.1 Å². The lowest BCUT2D eigenvalue weighted by Gasteiger charge is -2.57. The lowest BCUT2D eigenvalue weighted by molar-refractivity contribution is -0.198. The molecule has 1 aromatic carbocycles. The fourth-order valence-electron chi connectivity index (χ4n) is 5.92. The number of fused-ring (bicyclic) bond motifs is 1. The molecule has 2 aromatic rings. The monoisotopic (exact) mass is 413 g/mol. The molecule has 1 unspecified atom stereocenters. The molecule has 4 aliphatic rings. The highest BCUT2D eigenvalue weighted by atomic mass is 32.2. The summed E-state index contributed by atoms with van der Waals surface area (Å²) in [6.07, 6.45) is 8.29. The maximum atomic E-state index is 14.5. The van der Waals surface area contributed by atoms with E-state index in [1.54, 1.807) is 24.2 Å². The number of rotatable bonds is 3. The molecule has 6 rings (SSSR count). The van der Waals surface area contributed by atoms with Crippen molar-refractivity contribution in [3.05, 3.63) is 36.3 Å². The molecule has 4 nitrogen and oxygen atoms in total. The number of nitrogens with zero attached hydrogens (tertiary/aromatic N) is 3. The SMILES string of the molecule is Fc1cc2ncccc2cc1SN1CCC2(CCC(N3CC4(COC4)C3)C2)CC1. The Bertz CT molecular complexity index is 917. The van der Waals surface area contributed by atoms with Crippen molar-refractivity contribution in [3.63, 3.8) is 0 Å². The van der Waals surface area contributed by atoms with Gasteiger partial charge in [0.15, 0.2) is 0 Å². The van der Waals surface area contributed by atoms with Crippen LogP contribution in [0.4, 0.5) is 4.39 Å². The molecule has 2 spiro atoms. The summed E-state index contributed by atoms with van der Waals surface area (Å²) in [5.41, 5.74) is 1.77. The first-order chi connectivity index (χ1) is 14.1. The third kappa shape index (κ3) is 3.29. The van der Waals surface area contributed by atoms with Crippen LogP contribution in [-0.4, -0.2) is 59.6 Å². The quantitative estimate of drug-likeness (QED) is 0.698. The van der Waals surface area contributed by atoms with Crippen molar-refractivity contribution in [1.82, 2.24) is 14.2 Å². The zero-order valence-corrected chi connectivity index (χ0v) is 17.6. The molecule has 0 amide bonds. The number of ether oxygens (including phenoxy) is 1. The second-order valence-corrected chi connectivity index (χ2v) is 10.9. The van der Waals surface area contributed by atoms with Crippen LogP contribution < -0.4 is 0 Å². The molecule has 4 fully saturated rings. The van der Waals surface area contributed by atoms with Crippen molar-refractivity contribution >= 4 is 22.9 Å². The normalized spacial score (nSPS) is 28.7. The third-order valence-electron chi connectivity index (χ3n) is 7.75. The Morgan fingerprint density at radius 2 is 1.93 bits per heavy atom. The molecule has 3 aliphatic heterocycles. The molecule has 1 aromatic heterocycles. The van der Waals surface area contributed by atoms with Crippen LogP contribution in [-0.2, 0) is 4.74 Å². The van der Waals surface area contributed by atoms with E-state index in [4.69, 9.17) is 4.74 Å². The maximum absolute atomic E-state index is 14.5. The molecule has 0 N–H and O–H groups in total. The number of hydrogen-bond acceptors (Lipinski definition) is 5. The Hall–Kier alpha value is -1.21. The first-order valence-corrected chi connectivity index (χ1v) is 11.7. The zero-order valence-electron chi connectivity index (χ0n) is 16.8. The Morgan fingerprint density at radius 3 is 2.69 bits per heavy atom. The molecule has 0 radical (unpaired) electrons. The molecule has 1 atom stereocenters. The summed E-state index contributed by atoms with van der Waals surface area (Å²) in [5.74, 6) is -0.158. The fourth-order valence-corrected chi connectivity index (χ4v) is 6.89. The number of halogens is 1. The van der Waals surface area contributed by atoms with Gasteiger partial charge >= 0.3 is 0 Å². The highest BCUT2D eigenvalue weighted by Gasteiger charge is 2.53. The number of likely N-dealkylation sites (tertiary alicyclic amines) is 1. The summed E-state index contributed by atoms with van der Waals surface area (Å²) >= 11 is 1.59. The fraction of sp³-hybridized carbons (Fsp3) is 0.609. The van der Waals surface area contributed by atoms with Gasteiger partial charge in [-0.1, -0.05) is 6.07 Å². The number of aromatic nitrogens is 1. The molecule has 0 bridgehead atoms. The standard InChI is InChI=1S/C23H28FN3OS/c24-19-11-20-17(2-1-7-25-20)10-21(19)29-27-8-5-22(6-9-27)4-3-18(12-22)26-13-23(14-26)15-28-16-23/h1-2,7,10-11,18H,3-6,8-9,12-16H2. The summed E-state index contributed by atoms with van der Waals surface area (Å²) in [7, 11) is 0. The van der Waals surface area contributed by atoms with Crippen molar-refractivity contribution in [3.8, 4) is 0 Å². The Kier molecular flexibility index (Phi) is 4.42. The predicted octanol–water partition coefficient (Wildman–Crippen LogP) is 4.35. The summed E-state index contributed by atoms with van der Waals surface area (Å²) in [5, 5.41) is 1.01. The lowest BCUT2D eigenvalue weighted by Crippen LogP contribution is -2.67. The van der Waals surface area contributed by atoms with Gasteiger partial charge in [0, 0.05) is 55.3 Å². The van der Waals surface area contributed by atoms with Crippen LogP contribution in [0.5, 0.6) is 0 Å². The van der Waals surface area contributed by atoms with Gasteiger partial charge in [-0.25, -0.2) is 8.70 Å². The Labute approximate surface area is 175 Å². The van der Waals surface area contributed by atoms with Crippen LogP contribution in [0, 0.1) is 16.6 Å². The Morgan fingerprint density at radius 1 is 1.10 bits per heavy atom. The van der Waals surface area contributed by atoms with Gasteiger partial charge in [0.2, 0.25) is 0 Å². The Balaban J connectivity index is 1.06. The topological polar surface area (TPSA) is 28.6 Å². The van der Waals surface area contributed by atoms with Gasteiger partial charge in [0.1, 0.15) is 5.82 Å². The van der Waals surface area contributed by atoms with Crippen LogP contribution in [0.3, 0.4) is 0 Å². The second kappa shape index (κ2) is 6.91. The molecule has 3 saturated heterocycles. The van der Waals surface area contributed by atoms with Gasteiger partial charge in [-0.3, -0.25) is 9.88 Å². The number of pyridine rings is 1. The third-order valence-corrected chi connectivity index (χ3v) is 8.89. The molecule has 29 heavy (non-hydrogen) atoms. The van der Waals surface area contributed by atoms with Crippen LogP contribution in [0.15, 0.2) is 35.4 Å². The van der Waals surface area contributed by atoms with E-state index in [-0.39, 0.29) is 5.82 Å². The number of piperidine rings is 1. The number of hydrogen-bond donors (Lipinski definition) is 0. The van der Waals surface area contributed by atoms with Gasteiger partial charge in [-0.2, -0.15) is 0 Å². The van der Waals surface area contributed by atoms with E-state index in [0.717, 1.165) is 48.1 Å². The van der Waals surface area contributed by atoms with E-state index in [0.29, 0.717) is 10.8 Å². The van der Waals surface area contributed by atoms with Gasteiger partial charge in [-0.05, 0) is 61.6 Å². The van der Waals surface area contributed by atoms with Gasteiger partial charge < -0.3 is 4.74 Å². The second-order valence-electron chi connectivity index (χ2n) is 9.79. The van der Waals surface area contributed by atoms with E-state index in [9.17, 15) is 4.39 Å². The van der Waals surface area contributed by atoms with Crippen LogP contribution >= 0.6 is 11.9 Å². The first kappa shape index (κ1) is 18.6. The average molecular weight is 414 g/mol. The van der Waals surface area contributed by atoms with Crippen LogP contribution in [0.2, 0.25) is 0 Å². The van der Waals surface area contributed by atoms with E-state index in [1.807, 2.05) is 18.2 Å². The van der Waals surface area contributed by atoms with Gasteiger partial charge in [0.05, 0.1) is 23.6 Å². The highest BCUT2D eigenvalue weighted by Crippen LogP contribution is 2.51. The minimum Gasteiger partial charge on any atom is -0.380 e. The maximum Gasteiger partial charge on any atom is 0.140 e. The number of benzene rings is 1. The largest absolute Gasteiger partial charge is 0.380 e. The molecule has 1 saturated carbocycles. The van der Waals surface area contributed by atoms with E-state index >= 15 is 0 Å². The van der Waals surface area contributed by atoms with Gasteiger partial charge in [0.25, 0.3) is 0 Å². The van der Waals surface area contributed by atoms with E-state index in [2.05, 4.69) is 14.2 Å².